The molecule has 4 nitrogen and oxygen atoms in total. The molecule has 0 fully saturated rings. The highest BCUT2D eigenvalue weighted by Crippen LogP contribution is 2.30. The first-order valence-corrected chi connectivity index (χ1v) is 10.1. The van der Waals surface area contributed by atoms with Crippen LogP contribution in [0.4, 0.5) is 0 Å². The Balaban J connectivity index is 1.57. The second-order valence-electron chi connectivity index (χ2n) is 5.42. The van der Waals surface area contributed by atoms with E-state index in [1.54, 1.807) is 23.1 Å². The maximum absolute atomic E-state index is 5.98. The largest absolute Gasteiger partial charge is 0.302 e. The van der Waals surface area contributed by atoms with Crippen molar-refractivity contribution in [3.8, 4) is 11.4 Å². The van der Waals surface area contributed by atoms with Gasteiger partial charge in [-0.15, -0.1) is 21.5 Å². The molecule has 0 aliphatic rings. The lowest BCUT2D eigenvalue weighted by molar-refractivity contribution is 0.687. The van der Waals surface area contributed by atoms with Crippen LogP contribution in [-0.2, 0) is 12.3 Å². The molecule has 0 aliphatic carbocycles. The Morgan fingerprint density at radius 1 is 1.08 bits per heavy atom. The smallest absolute Gasteiger partial charge is 0.191 e. The molecule has 0 aliphatic heterocycles. The first-order chi connectivity index (χ1) is 12.2. The molecule has 0 unspecified atom stereocenters. The topological polar surface area (TPSA) is 43.6 Å². The summed E-state index contributed by atoms with van der Waals surface area (Å²) >= 11 is 9.38. The number of hydrogen-bond acceptors (Lipinski definition) is 5. The molecule has 4 rings (SSSR count). The lowest BCUT2D eigenvalue weighted by atomic mass is 10.2. The molecule has 25 heavy (non-hydrogen) atoms. The van der Waals surface area contributed by atoms with Crippen molar-refractivity contribution in [1.82, 2.24) is 19.7 Å². The van der Waals surface area contributed by atoms with Crippen LogP contribution in [0.15, 0.2) is 53.7 Å². The molecular weight excluding hydrogens is 372 g/mol. The molecule has 126 valence electrons. The van der Waals surface area contributed by atoms with Gasteiger partial charge >= 0.3 is 0 Å². The summed E-state index contributed by atoms with van der Waals surface area (Å²) < 4.78 is 3.35. The van der Waals surface area contributed by atoms with E-state index >= 15 is 0 Å². The van der Waals surface area contributed by atoms with E-state index in [1.807, 2.05) is 42.5 Å². The second-order valence-corrected chi connectivity index (χ2v) is 7.92. The van der Waals surface area contributed by atoms with Crippen LogP contribution >= 0.6 is 34.7 Å². The maximum atomic E-state index is 5.98. The summed E-state index contributed by atoms with van der Waals surface area (Å²) in [4.78, 5) is 4.68. The summed E-state index contributed by atoms with van der Waals surface area (Å²) in [5.41, 5.74) is 2.08. The van der Waals surface area contributed by atoms with Crippen LogP contribution in [0.5, 0.6) is 0 Å². The van der Waals surface area contributed by atoms with Crippen LogP contribution in [0.1, 0.15) is 11.9 Å². The van der Waals surface area contributed by atoms with Crippen LogP contribution in [0.2, 0.25) is 5.02 Å². The zero-order valence-corrected chi connectivity index (χ0v) is 15.9. The van der Waals surface area contributed by atoms with Gasteiger partial charge in [0, 0.05) is 17.1 Å². The number of rotatable bonds is 5. The minimum Gasteiger partial charge on any atom is -0.302 e. The summed E-state index contributed by atoms with van der Waals surface area (Å²) in [5, 5.41) is 11.5. The molecule has 2 aromatic heterocycles. The maximum Gasteiger partial charge on any atom is 0.191 e. The third-order valence-corrected chi connectivity index (χ3v) is 6.25. The Bertz CT molecular complexity index is 975. The number of aromatic nitrogens is 4. The van der Waals surface area contributed by atoms with Gasteiger partial charge in [0.05, 0.1) is 16.0 Å². The molecule has 0 saturated heterocycles. The highest BCUT2D eigenvalue weighted by molar-refractivity contribution is 7.98. The molecule has 0 radical (unpaired) electrons. The van der Waals surface area contributed by atoms with Gasteiger partial charge < -0.3 is 4.57 Å². The van der Waals surface area contributed by atoms with E-state index in [0.717, 1.165) is 44.4 Å². The van der Waals surface area contributed by atoms with E-state index in [2.05, 4.69) is 32.7 Å². The molecule has 0 amide bonds. The molecular formula is C18H15ClN4S2. The summed E-state index contributed by atoms with van der Waals surface area (Å²) in [7, 11) is 0. The first-order valence-electron chi connectivity index (χ1n) is 7.91. The summed E-state index contributed by atoms with van der Waals surface area (Å²) in [6, 6.07) is 15.9. The van der Waals surface area contributed by atoms with Gasteiger partial charge in [-0.2, -0.15) is 0 Å². The number of thioether (sulfide) groups is 1. The Labute approximate surface area is 158 Å². The van der Waals surface area contributed by atoms with Gasteiger partial charge in [-0.1, -0.05) is 35.5 Å². The van der Waals surface area contributed by atoms with Crippen molar-refractivity contribution in [3.63, 3.8) is 0 Å². The van der Waals surface area contributed by atoms with Crippen molar-refractivity contribution in [3.05, 3.63) is 58.6 Å². The number of para-hydroxylation sites is 1. The minimum atomic E-state index is 0.719. The standard InChI is InChI=1S/C18H15ClN4S2/c1-2-23-17(12-7-9-13(19)10-8-12)21-22-18(23)24-11-16-20-14-5-3-4-6-15(14)25-16/h3-10H,2,11H2,1H3. The first kappa shape index (κ1) is 16.6. The average Bonchev–Trinajstić information content (AvgIpc) is 3.23. The van der Waals surface area contributed by atoms with Gasteiger partial charge in [-0.3, -0.25) is 0 Å². The zero-order valence-electron chi connectivity index (χ0n) is 13.5. The Morgan fingerprint density at radius 2 is 1.88 bits per heavy atom. The van der Waals surface area contributed by atoms with E-state index < -0.39 is 0 Å². The van der Waals surface area contributed by atoms with Crippen molar-refractivity contribution in [1.29, 1.82) is 0 Å². The van der Waals surface area contributed by atoms with Gasteiger partial charge in [0.25, 0.3) is 0 Å². The zero-order chi connectivity index (χ0) is 17.2. The van der Waals surface area contributed by atoms with E-state index in [0.29, 0.717) is 0 Å². The number of hydrogen-bond donors (Lipinski definition) is 0. The summed E-state index contributed by atoms with van der Waals surface area (Å²) in [6.45, 7) is 2.91. The fourth-order valence-corrected chi connectivity index (χ4v) is 4.69. The van der Waals surface area contributed by atoms with Crippen molar-refractivity contribution in [2.75, 3.05) is 0 Å². The number of benzene rings is 2. The van der Waals surface area contributed by atoms with Crippen LogP contribution in [0.3, 0.4) is 0 Å². The average molecular weight is 387 g/mol. The fraction of sp³-hybridized carbons (Fsp3) is 0.167. The fourth-order valence-electron chi connectivity index (χ4n) is 2.60. The number of nitrogens with zero attached hydrogens (tertiary/aromatic N) is 4. The van der Waals surface area contributed by atoms with Gasteiger partial charge in [0.15, 0.2) is 11.0 Å². The van der Waals surface area contributed by atoms with E-state index in [-0.39, 0.29) is 0 Å². The molecule has 0 spiro atoms. The van der Waals surface area contributed by atoms with Crippen LogP contribution in [0.25, 0.3) is 21.6 Å². The number of fused-ring (bicyclic) bond motifs is 1. The van der Waals surface area contributed by atoms with Crippen molar-refractivity contribution < 1.29 is 0 Å². The molecule has 0 atom stereocenters. The van der Waals surface area contributed by atoms with Gasteiger partial charge in [-0.25, -0.2) is 4.98 Å². The molecule has 2 heterocycles. The molecule has 2 aromatic carbocycles. The van der Waals surface area contributed by atoms with Crippen LogP contribution in [-0.4, -0.2) is 19.7 Å². The summed E-state index contributed by atoms with van der Waals surface area (Å²) in [6.07, 6.45) is 0. The van der Waals surface area contributed by atoms with Crippen molar-refractivity contribution in [2.24, 2.45) is 0 Å². The highest BCUT2D eigenvalue weighted by Gasteiger charge is 2.14. The monoisotopic (exact) mass is 386 g/mol. The van der Waals surface area contributed by atoms with Gasteiger partial charge in [-0.05, 0) is 43.3 Å². The minimum absolute atomic E-state index is 0.719. The third-order valence-electron chi connectivity index (χ3n) is 3.80. The lowest BCUT2D eigenvalue weighted by Gasteiger charge is -2.06. The quantitative estimate of drug-likeness (QED) is 0.423. The molecule has 7 heteroatoms. The van der Waals surface area contributed by atoms with Gasteiger partial charge in [0.2, 0.25) is 0 Å². The Kier molecular flexibility index (Phi) is 4.74. The molecule has 4 aromatic rings. The van der Waals surface area contributed by atoms with Crippen LogP contribution in [0, 0.1) is 0 Å². The molecule has 0 bridgehead atoms. The predicted molar refractivity (Wildman–Crippen MR) is 105 cm³/mol. The van der Waals surface area contributed by atoms with Crippen molar-refractivity contribution >= 4 is 44.9 Å². The Hall–Kier alpha value is -1.89. The second kappa shape index (κ2) is 7.15. The number of halogens is 1. The SMILES string of the molecule is CCn1c(SCc2nc3ccccc3s2)nnc1-c1ccc(Cl)cc1. The predicted octanol–water partition coefficient (Wildman–Crippen LogP) is 5.52. The van der Waals surface area contributed by atoms with E-state index in [1.165, 1.54) is 4.70 Å². The lowest BCUT2D eigenvalue weighted by Crippen LogP contribution is -1.99. The molecule has 0 N–H and O–H groups in total. The molecule has 0 saturated carbocycles. The normalized spacial score (nSPS) is 11.3. The highest BCUT2D eigenvalue weighted by atomic mass is 35.5. The van der Waals surface area contributed by atoms with Crippen molar-refractivity contribution in [2.45, 2.75) is 24.4 Å². The number of thiazole rings is 1. The van der Waals surface area contributed by atoms with Gasteiger partial charge in [0.1, 0.15) is 5.01 Å². The van der Waals surface area contributed by atoms with E-state index in [9.17, 15) is 0 Å². The van der Waals surface area contributed by atoms with E-state index in [4.69, 9.17) is 11.6 Å². The summed E-state index contributed by atoms with van der Waals surface area (Å²) in [5.74, 6) is 1.66. The third kappa shape index (κ3) is 3.42. The Morgan fingerprint density at radius 3 is 2.64 bits per heavy atom. The van der Waals surface area contributed by atoms with Crippen LogP contribution < -0.4 is 0 Å².